The first kappa shape index (κ1) is 20.8. The van der Waals surface area contributed by atoms with E-state index < -0.39 is 0 Å². The molecule has 0 atom stereocenters. The second-order valence-electron chi connectivity index (χ2n) is 6.61. The second-order valence-corrected chi connectivity index (χ2v) is 6.61. The maximum absolute atomic E-state index is 11.8. The van der Waals surface area contributed by atoms with E-state index >= 15 is 0 Å². The molecule has 6 nitrogen and oxygen atoms in total. The highest BCUT2D eigenvalue weighted by Gasteiger charge is 2.08. The fourth-order valence-corrected chi connectivity index (χ4v) is 2.68. The first-order valence-electron chi connectivity index (χ1n) is 8.74. The van der Waals surface area contributed by atoms with Crippen LogP contribution in [0.2, 0.25) is 0 Å². The lowest BCUT2D eigenvalue weighted by atomic mass is 10.00. The van der Waals surface area contributed by atoms with Crippen LogP contribution in [0.5, 0.6) is 0 Å². The minimum Gasteiger partial charge on any atom is -0.512 e. The molecule has 0 bridgehead atoms. The van der Waals surface area contributed by atoms with Gasteiger partial charge in [0.2, 0.25) is 0 Å². The highest BCUT2D eigenvalue weighted by molar-refractivity contribution is 6.01. The molecule has 0 unspecified atom stereocenters. The van der Waals surface area contributed by atoms with Crippen LogP contribution < -0.4 is 10.6 Å². The number of aliphatic hydroxyl groups is 2. The number of benzene rings is 2. The average Bonchev–Trinajstić information content (AvgIpc) is 2.57. The number of nitrogens with one attached hydrogen (secondary N) is 2. The van der Waals surface area contributed by atoms with Crippen LogP contribution in [0.3, 0.4) is 0 Å². The van der Waals surface area contributed by atoms with Gasteiger partial charge in [0.05, 0.1) is 11.5 Å². The summed E-state index contributed by atoms with van der Waals surface area (Å²) in [6.45, 7) is 6.65. The lowest BCUT2D eigenvalue weighted by Gasteiger charge is -2.12. The van der Waals surface area contributed by atoms with Crippen LogP contribution in [-0.2, 0) is 9.59 Å². The summed E-state index contributed by atoms with van der Waals surface area (Å²) in [5.74, 6) is -0.893. The monoisotopic (exact) mass is 380 g/mol. The van der Waals surface area contributed by atoms with E-state index in [-0.39, 0.29) is 23.3 Å². The van der Waals surface area contributed by atoms with Gasteiger partial charge in [-0.15, -0.1) is 0 Å². The van der Waals surface area contributed by atoms with Crippen LogP contribution in [0.25, 0.3) is 11.1 Å². The van der Waals surface area contributed by atoms with Crippen LogP contribution in [0.15, 0.2) is 60.1 Å². The number of hydrogen-bond donors (Lipinski definition) is 4. The molecule has 0 spiro atoms. The van der Waals surface area contributed by atoms with Crippen molar-refractivity contribution in [3.05, 3.63) is 71.2 Å². The summed E-state index contributed by atoms with van der Waals surface area (Å²) in [5, 5.41) is 23.8. The maximum atomic E-state index is 11.8. The molecular weight excluding hydrogens is 356 g/mol. The van der Waals surface area contributed by atoms with Crippen molar-refractivity contribution in [2.45, 2.75) is 27.7 Å². The largest absolute Gasteiger partial charge is 0.512 e. The summed E-state index contributed by atoms with van der Waals surface area (Å²) in [4.78, 5) is 23.5. The van der Waals surface area contributed by atoms with Crippen LogP contribution in [0.4, 0.5) is 11.4 Å². The molecule has 0 saturated carbocycles. The van der Waals surface area contributed by atoms with Crippen molar-refractivity contribution in [2.75, 3.05) is 10.6 Å². The summed E-state index contributed by atoms with van der Waals surface area (Å²) in [6, 6.07) is 11.3. The Hall–Kier alpha value is -3.54. The van der Waals surface area contributed by atoms with Gasteiger partial charge in [-0.1, -0.05) is 12.1 Å². The minimum absolute atomic E-state index is 0.0564. The lowest BCUT2D eigenvalue weighted by molar-refractivity contribution is -0.112. The maximum Gasteiger partial charge on any atom is 0.251 e. The molecule has 0 aliphatic carbocycles. The van der Waals surface area contributed by atoms with Crippen molar-refractivity contribution < 1.29 is 19.8 Å². The number of aliphatic hydroxyl groups excluding tert-OH is 2. The van der Waals surface area contributed by atoms with Crippen molar-refractivity contribution in [3.63, 3.8) is 0 Å². The van der Waals surface area contributed by atoms with Gasteiger partial charge in [-0.05, 0) is 74.2 Å². The number of hydrogen-bond acceptors (Lipinski definition) is 4. The Labute approximate surface area is 164 Å². The zero-order chi connectivity index (χ0) is 20.8. The van der Waals surface area contributed by atoms with Crippen molar-refractivity contribution in [1.82, 2.24) is 0 Å². The second kappa shape index (κ2) is 8.90. The normalized spacial score (nSPS) is 11.9. The number of allylic oxidation sites excluding steroid dienone is 2. The Bertz CT molecular complexity index is 887. The first-order valence-corrected chi connectivity index (χ1v) is 8.74. The molecule has 0 aliphatic rings. The van der Waals surface area contributed by atoms with Gasteiger partial charge >= 0.3 is 0 Å². The van der Waals surface area contributed by atoms with E-state index in [0.29, 0.717) is 11.4 Å². The fraction of sp³-hybridized carbons (Fsp3) is 0.182. The summed E-state index contributed by atoms with van der Waals surface area (Å²) >= 11 is 0. The van der Waals surface area contributed by atoms with E-state index in [1.54, 1.807) is 0 Å². The number of carbonyl (C=O) groups excluding carboxylic acids is 2. The number of amides is 2. The third-order valence-electron chi connectivity index (χ3n) is 3.98. The van der Waals surface area contributed by atoms with E-state index in [0.717, 1.165) is 34.4 Å². The van der Waals surface area contributed by atoms with E-state index in [1.807, 2.05) is 50.2 Å². The molecule has 6 heteroatoms. The highest BCUT2D eigenvalue weighted by atomic mass is 16.3. The third-order valence-corrected chi connectivity index (χ3v) is 3.98. The van der Waals surface area contributed by atoms with Gasteiger partial charge in [0.1, 0.15) is 0 Å². The minimum atomic E-state index is -0.390. The Balaban J connectivity index is 2.22. The Morgan fingerprint density at radius 3 is 1.39 bits per heavy atom. The molecule has 2 aromatic carbocycles. The van der Waals surface area contributed by atoms with Crippen molar-refractivity contribution >= 4 is 23.2 Å². The highest BCUT2D eigenvalue weighted by Crippen LogP contribution is 2.28. The zero-order valence-electron chi connectivity index (χ0n) is 16.3. The third kappa shape index (κ3) is 5.74. The fourth-order valence-electron chi connectivity index (χ4n) is 2.68. The SMILES string of the molecule is CC(O)=CC(=O)Nc1ccc(-c2ccc(NC(=O)C=C(C)O)c(C)c2)cc1C. The van der Waals surface area contributed by atoms with Crippen molar-refractivity contribution in [2.24, 2.45) is 0 Å². The smallest absolute Gasteiger partial charge is 0.251 e. The topological polar surface area (TPSA) is 98.7 Å². The van der Waals surface area contributed by atoms with Gasteiger partial charge in [-0.25, -0.2) is 0 Å². The predicted molar refractivity (Wildman–Crippen MR) is 111 cm³/mol. The van der Waals surface area contributed by atoms with Crippen LogP contribution in [0, 0.1) is 13.8 Å². The number of rotatable bonds is 5. The average molecular weight is 380 g/mol. The number of anilines is 2. The van der Waals surface area contributed by atoms with E-state index in [4.69, 9.17) is 10.2 Å². The molecule has 0 heterocycles. The van der Waals surface area contributed by atoms with Crippen LogP contribution >= 0.6 is 0 Å². The van der Waals surface area contributed by atoms with Crippen LogP contribution in [-0.4, -0.2) is 22.0 Å². The lowest BCUT2D eigenvalue weighted by Crippen LogP contribution is -2.10. The molecule has 0 aliphatic heterocycles. The number of carbonyl (C=O) groups is 2. The van der Waals surface area contributed by atoms with Gasteiger partial charge in [-0.3, -0.25) is 9.59 Å². The zero-order valence-corrected chi connectivity index (χ0v) is 16.3. The van der Waals surface area contributed by atoms with E-state index in [2.05, 4.69) is 10.6 Å². The molecule has 2 aromatic rings. The van der Waals surface area contributed by atoms with Gasteiger partial charge in [-0.2, -0.15) is 0 Å². The first-order chi connectivity index (χ1) is 13.2. The van der Waals surface area contributed by atoms with E-state index in [9.17, 15) is 9.59 Å². The van der Waals surface area contributed by atoms with Gasteiger partial charge in [0, 0.05) is 23.5 Å². The summed E-state index contributed by atoms with van der Waals surface area (Å²) < 4.78 is 0. The molecule has 0 saturated heterocycles. The van der Waals surface area contributed by atoms with Gasteiger partial charge < -0.3 is 20.8 Å². The predicted octanol–water partition coefficient (Wildman–Crippen LogP) is 4.77. The molecule has 2 rings (SSSR count). The summed E-state index contributed by atoms with van der Waals surface area (Å²) in [6.07, 6.45) is 2.24. The molecule has 0 radical (unpaired) electrons. The quantitative estimate of drug-likeness (QED) is 0.443. The van der Waals surface area contributed by atoms with Crippen molar-refractivity contribution in [3.8, 4) is 11.1 Å². The molecule has 0 aromatic heterocycles. The molecule has 2 amide bonds. The standard InChI is InChI=1S/C22H24N2O4/c1-13-9-17(5-7-19(13)23-21(27)11-15(3)25)18-6-8-20(14(2)10-18)24-22(28)12-16(4)26/h5-12,25-26H,1-4H3,(H,23,27)(H,24,28). The molecular formula is C22H24N2O4. The van der Waals surface area contributed by atoms with Gasteiger partial charge in [0.15, 0.2) is 0 Å². The molecule has 28 heavy (non-hydrogen) atoms. The van der Waals surface area contributed by atoms with Gasteiger partial charge in [0.25, 0.3) is 11.8 Å². The van der Waals surface area contributed by atoms with E-state index in [1.165, 1.54) is 13.8 Å². The molecule has 146 valence electrons. The summed E-state index contributed by atoms with van der Waals surface area (Å²) in [7, 11) is 0. The Morgan fingerprint density at radius 2 is 1.11 bits per heavy atom. The van der Waals surface area contributed by atoms with Crippen LogP contribution in [0.1, 0.15) is 25.0 Å². The molecule has 4 N–H and O–H groups in total. The summed E-state index contributed by atoms with van der Waals surface area (Å²) in [5.41, 5.74) is 5.03. The Morgan fingerprint density at radius 1 is 0.750 bits per heavy atom. The Kier molecular flexibility index (Phi) is 6.60. The van der Waals surface area contributed by atoms with Crippen molar-refractivity contribution in [1.29, 1.82) is 0 Å². The number of aryl methyl sites for hydroxylation is 2. The molecule has 0 fully saturated rings.